The van der Waals surface area contributed by atoms with Crippen molar-refractivity contribution in [2.45, 2.75) is 45.6 Å². The first-order chi connectivity index (χ1) is 10.7. The van der Waals surface area contributed by atoms with E-state index >= 15 is 0 Å². The number of amides is 1. The van der Waals surface area contributed by atoms with Crippen LogP contribution in [0.4, 0.5) is 5.69 Å². The number of carbonyl (C=O) groups excluding carboxylic acids is 1. The maximum Gasteiger partial charge on any atom is 0.224 e. The summed E-state index contributed by atoms with van der Waals surface area (Å²) in [4.78, 5) is 12.1. The molecular weight excluding hydrogens is 352 g/mol. The first-order valence-electron chi connectivity index (χ1n) is 7.99. The fraction of sp³-hybridized carbons (Fsp3) is 0.368. The average Bonchev–Trinajstić information content (AvgIpc) is 2.53. The number of pyridine rings is 1. The van der Waals surface area contributed by atoms with Crippen LogP contribution in [-0.4, -0.2) is 5.91 Å². The maximum atomic E-state index is 12.1. The topological polar surface area (TPSA) is 33.0 Å². The maximum absolute atomic E-state index is 12.1. The third-order valence-electron chi connectivity index (χ3n) is 3.70. The van der Waals surface area contributed by atoms with E-state index in [9.17, 15) is 4.79 Å². The zero-order valence-corrected chi connectivity index (χ0v) is 15.4. The van der Waals surface area contributed by atoms with Gasteiger partial charge >= 0.3 is 0 Å². The molecule has 0 radical (unpaired) electrons. The van der Waals surface area contributed by atoms with Crippen molar-refractivity contribution in [2.75, 3.05) is 5.32 Å². The van der Waals surface area contributed by atoms with E-state index in [0.717, 1.165) is 25.1 Å². The highest BCUT2D eigenvalue weighted by Crippen LogP contribution is 2.23. The van der Waals surface area contributed by atoms with Crippen LogP contribution in [0.2, 0.25) is 0 Å². The van der Waals surface area contributed by atoms with Gasteiger partial charge in [0, 0.05) is 30.7 Å². The van der Waals surface area contributed by atoms with Gasteiger partial charge in [-0.3, -0.25) is 4.79 Å². The molecule has 2 aromatic rings. The third-order valence-corrected chi connectivity index (χ3v) is 3.70. The van der Waals surface area contributed by atoms with Crippen LogP contribution in [-0.2, 0) is 11.3 Å². The molecule has 0 atom stereocenters. The zero-order chi connectivity index (χ0) is 15.8. The minimum atomic E-state index is 0. The number of aryl methyl sites for hydroxylation is 1. The molecule has 1 aromatic carbocycles. The molecule has 0 spiro atoms. The molecule has 0 aliphatic heterocycles. The Morgan fingerprint density at radius 2 is 1.74 bits per heavy atom. The summed E-state index contributed by atoms with van der Waals surface area (Å²) in [5.74, 6) is 0.511. The van der Waals surface area contributed by atoms with Gasteiger partial charge in [-0.05, 0) is 24.0 Å². The fourth-order valence-electron chi connectivity index (χ4n) is 2.49. The molecule has 0 saturated carbocycles. The second-order valence-corrected chi connectivity index (χ2v) is 5.86. The van der Waals surface area contributed by atoms with Gasteiger partial charge in [0.1, 0.15) is 6.54 Å². The van der Waals surface area contributed by atoms with E-state index in [1.54, 1.807) is 0 Å². The number of hydrogen-bond donors (Lipinski definition) is 1. The number of hydrogen-bond acceptors (Lipinski definition) is 1. The molecular formula is C19H25BrN2O. The van der Waals surface area contributed by atoms with Crippen molar-refractivity contribution in [3.05, 3.63) is 60.4 Å². The lowest BCUT2D eigenvalue weighted by molar-refractivity contribution is -0.697. The first kappa shape index (κ1) is 19.4. The number of nitrogens with one attached hydrogen (secondary N) is 1. The van der Waals surface area contributed by atoms with Gasteiger partial charge in [-0.1, -0.05) is 38.1 Å². The number of para-hydroxylation sites is 1. The second-order valence-electron chi connectivity index (χ2n) is 5.86. The number of rotatable bonds is 7. The molecule has 3 nitrogen and oxygen atoms in total. The third kappa shape index (κ3) is 6.53. The number of nitrogens with zero attached hydrogens (tertiary/aromatic N) is 1. The van der Waals surface area contributed by atoms with Crippen LogP contribution in [0.15, 0.2) is 54.9 Å². The first-order valence-corrected chi connectivity index (χ1v) is 7.99. The van der Waals surface area contributed by atoms with E-state index in [2.05, 4.69) is 42.2 Å². The van der Waals surface area contributed by atoms with Crippen LogP contribution in [0, 0.1) is 0 Å². The van der Waals surface area contributed by atoms with Crippen LogP contribution in [0.25, 0.3) is 0 Å². The predicted molar refractivity (Wildman–Crippen MR) is 89.6 cm³/mol. The minimum absolute atomic E-state index is 0. The van der Waals surface area contributed by atoms with Gasteiger partial charge in [-0.15, -0.1) is 0 Å². The number of carbonyl (C=O) groups is 1. The summed E-state index contributed by atoms with van der Waals surface area (Å²) >= 11 is 0. The van der Waals surface area contributed by atoms with E-state index in [1.165, 1.54) is 5.56 Å². The summed E-state index contributed by atoms with van der Waals surface area (Å²) in [6.07, 6.45) is 6.59. The van der Waals surface area contributed by atoms with Gasteiger partial charge in [0.2, 0.25) is 5.91 Å². The number of halogens is 1. The lowest BCUT2D eigenvalue weighted by Crippen LogP contribution is -3.00. The molecule has 0 aliphatic rings. The second kappa shape index (κ2) is 10.2. The lowest BCUT2D eigenvalue weighted by atomic mass is 10.0. The summed E-state index contributed by atoms with van der Waals surface area (Å²) in [6, 6.07) is 14.1. The molecule has 1 amide bonds. The molecule has 1 aromatic heterocycles. The molecule has 0 aliphatic carbocycles. The summed E-state index contributed by atoms with van der Waals surface area (Å²) in [5, 5.41) is 3.04. The highest BCUT2D eigenvalue weighted by molar-refractivity contribution is 5.91. The molecule has 0 bridgehead atoms. The van der Waals surface area contributed by atoms with E-state index in [1.807, 2.05) is 36.4 Å². The van der Waals surface area contributed by atoms with Crippen molar-refractivity contribution in [1.29, 1.82) is 0 Å². The number of anilines is 1. The quantitative estimate of drug-likeness (QED) is 0.565. The SMILES string of the molecule is CC(C)c1ccccc1NC(=O)CCCC[n+]1ccccc1.[Br-]. The summed E-state index contributed by atoms with van der Waals surface area (Å²) in [6.45, 7) is 5.24. The predicted octanol–water partition coefficient (Wildman–Crippen LogP) is 0.910. The normalized spacial score (nSPS) is 10.2. The van der Waals surface area contributed by atoms with Crippen molar-refractivity contribution < 1.29 is 26.3 Å². The van der Waals surface area contributed by atoms with E-state index in [4.69, 9.17) is 0 Å². The Bertz CT molecular complexity index is 599. The van der Waals surface area contributed by atoms with Crippen molar-refractivity contribution in [3.8, 4) is 0 Å². The summed E-state index contributed by atoms with van der Waals surface area (Å²) in [5.41, 5.74) is 2.13. The van der Waals surface area contributed by atoms with Crippen LogP contribution in [0.1, 0.15) is 44.6 Å². The minimum Gasteiger partial charge on any atom is -1.00 e. The zero-order valence-electron chi connectivity index (χ0n) is 13.8. The van der Waals surface area contributed by atoms with Crippen LogP contribution >= 0.6 is 0 Å². The van der Waals surface area contributed by atoms with Crippen molar-refractivity contribution >= 4 is 11.6 Å². The van der Waals surface area contributed by atoms with Crippen LogP contribution < -0.4 is 26.9 Å². The Balaban J connectivity index is 0.00000264. The highest BCUT2D eigenvalue weighted by atomic mass is 79.9. The number of benzene rings is 1. The Kier molecular flexibility index (Phi) is 8.56. The summed E-state index contributed by atoms with van der Waals surface area (Å²) in [7, 11) is 0. The largest absolute Gasteiger partial charge is 1.00 e. The van der Waals surface area contributed by atoms with Crippen molar-refractivity contribution in [2.24, 2.45) is 0 Å². The molecule has 0 saturated heterocycles. The molecule has 4 heteroatoms. The summed E-state index contributed by atoms with van der Waals surface area (Å²) < 4.78 is 2.14. The van der Waals surface area contributed by atoms with Crippen LogP contribution in [0.5, 0.6) is 0 Å². The van der Waals surface area contributed by atoms with E-state index in [0.29, 0.717) is 12.3 Å². The Hall–Kier alpha value is -1.68. The van der Waals surface area contributed by atoms with Gasteiger partial charge in [-0.25, -0.2) is 4.57 Å². The van der Waals surface area contributed by atoms with Gasteiger partial charge in [0.05, 0.1) is 0 Å². The smallest absolute Gasteiger partial charge is 0.224 e. The van der Waals surface area contributed by atoms with Crippen LogP contribution in [0.3, 0.4) is 0 Å². The highest BCUT2D eigenvalue weighted by Gasteiger charge is 2.09. The molecule has 2 rings (SSSR count). The fourth-order valence-corrected chi connectivity index (χ4v) is 2.49. The van der Waals surface area contributed by atoms with Crippen molar-refractivity contribution in [3.63, 3.8) is 0 Å². The number of unbranched alkanes of at least 4 members (excludes halogenated alkanes) is 1. The van der Waals surface area contributed by atoms with E-state index in [-0.39, 0.29) is 22.9 Å². The van der Waals surface area contributed by atoms with Gasteiger partial charge in [0.25, 0.3) is 0 Å². The molecule has 23 heavy (non-hydrogen) atoms. The molecule has 1 N–H and O–H groups in total. The Morgan fingerprint density at radius 1 is 1.04 bits per heavy atom. The monoisotopic (exact) mass is 376 g/mol. The number of aromatic nitrogens is 1. The Labute approximate surface area is 149 Å². The molecule has 0 fully saturated rings. The molecule has 0 unspecified atom stereocenters. The molecule has 124 valence electrons. The standard InChI is InChI=1S/C19H24N2O.BrH/c1-16(2)17-10-4-5-11-18(17)20-19(22)12-6-9-15-21-13-7-3-8-14-21;/h3-5,7-8,10-11,13-14,16H,6,9,12,15H2,1-2H3;1H. The van der Waals surface area contributed by atoms with Gasteiger partial charge < -0.3 is 22.3 Å². The van der Waals surface area contributed by atoms with Gasteiger partial charge in [0.15, 0.2) is 12.4 Å². The Morgan fingerprint density at radius 3 is 2.43 bits per heavy atom. The average molecular weight is 377 g/mol. The van der Waals surface area contributed by atoms with E-state index < -0.39 is 0 Å². The molecule has 1 heterocycles. The van der Waals surface area contributed by atoms with Crippen molar-refractivity contribution in [1.82, 2.24) is 0 Å². The van der Waals surface area contributed by atoms with Gasteiger partial charge in [-0.2, -0.15) is 0 Å². The lowest BCUT2D eigenvalue weighted by Gasteiger charge is -2.13.